The molecule has 0 aliphatic carbocycles. The molecule has 1 aromatic rings. The molecule has 0 atom stereocenters. The van der Waals surface area contributed by atoms with Gasteiger partial charge in [-0.25, -0.2) is 0 Å². The average Bonchev–Trinajstić information content (AvgIpc) is 2.26. The molecule has 0 radical (unpaired) electrons. The van der Waals surface area contributed by atoms with Crippen LogP contribution in [0.4, 0.5) is 13.2 Å². The third-order valence-electron chi connectivity index (χ3n) is 2.33. The van der Waals surface area contributed by atoms with Gasteiger partial charge in [-0.15, -0.1) is 0 Å². The number of thiocarbonyl (C=S) groups is 1. The van der Waals surface area contributed by atoms with Crippen molar-refractivity contribution >= 4 is 17.2 Å². The number of nitrogens with two attached hydrogens (primary N) is 1. The van der Waals surface area contributed by atoms with E-state index in [1.807, 2.05) is 0 Å². The van der Waals surface area contributed by atoms with Crippen molar-refractivity contribution in [1.82, 2.24) is 9.88 Å². The van der Waals surface area contributed by atoms with Crippen LogP contribution in [0, 0.1) is 0 Å². The van der Waals surface area contributed by atoms with Gasteiger partial charge in [-0.3, -0.25) is 9.88 Å². The maximum atomic E-state index is 12.3. The number of aromatic nitrogens is 1. The third-order valence-corrected chi connectivity index (χ3v) is 2.54. The fraction of sp³-hybridized carbons (Fsp3) is 0.455. The van der Waals surface area contributed by atoms with Crippen LogP contribution >= 0.6 is 12.2 Å². The molecule has 1 aromatic heterocycles. The van der Waals surface area contributed by atoms with Gasteiger partial charge in [-0.1, -0.05) is 19.1 Å². The topological polar surface area (TPSA) is 42.2 Å². The molecule has 0 aliphatic rings. The van der Waals surface area contributed by atoms with Crippen LogP contribution in [0.15, 0.2) is 18.3 Å². The SMILES string of the molecule is CCN(Cc1ccnc(C(N)=S)c1)CC(F)(F)F. The Bertz CT molecular complexity index is 420. The second-order valence-corrected chi connectivity index (χ2v) is 4.27. The van der Waals surface area contributed by atoms with Gasteiger partial charge in [-0.2, -0.15) is 13.2 Å². The third kappa shape index (κ3) is 4.97. The standard InChI is InChI=1S/C11H14F3N3S/c1-2-17(7-11(12,13)14)6-8-3-4-16-9(5-8)10(15)18/h3-5H,2,6-7H2,1H3,(H2,15,18). The van der Waals surface area contributed by atoms with Crippen molar-refractivity contribution in [3.8, 4) is 0 Å². The van der Waals surface area contributed by atoms with Crippen LogP contribution in [0.3, 0.4) is 0 Å². The lowest BCUT2D eigenvalue weighted by Crippen LogP contribution is -2.33. The Hall–Kier alpha value is -1.21. The average molecular weight is 277 g/mol. The summed E-state index contributed by atoms with van der Waals surface area (Å²) in [5.74, 6) is 0. The molecule has 7 heteroatoms. The molecular weight excluding hydrogens is 263 g/mol. The fourth-order valence-electron chi connectivity index (χ4n) is 1.50. The molecule has 1 heterocycles. The van der Waals surface area contributed by atoms with Crippen LogP contribution in [-0.4, -0.2) is 34.1 Å². The minimum atomic E-state index is -4.20. The molecule has 0 saturated heterocycles. The van der Waals surface area contributed by atoms with E-state index < -0.39 is 12.7 Å². The summed E-state index contributed by atoms with van der Waals surface area (Å²) in [7, 11) is 0. The van der Waals surface area contributed by atoms with E-state index in [1.165, 1.54) is 11.1 Å². The van der Waals surface area contributed by atoms with E-state index in [0.29, 0.717) is 17.8 Å². The molecule has 0 bridgehead atoms. The minimum Gasteiger partial charge on any atom is -0.388 e. The Labute approximate surface area is 109 Å². The van der Waals surface area contributed by atoms with Crippen molar-refractivity contribution in [2.24, 2.45) is 5.73 Å². The van der Waals surface area contributed by atoms with Crippen LogP contribution in [0.2, 0.25) is 0 Å². The minimum absolute atomic E-state index is 0.135. The molecule has 0 aromatic carbocycles. The van der Waals surface area contributed by atoms with Gasteiger partial charge in [0, 0.05) is 12.7 Å². The summed E-state index contributed by atoms with van der Waals surface area (Å²) < 4.78 is 36.9. The molecule has 0 unspecified atom stereocenters. The van der Waals surface area contributed by atoms with Gasteiger partial charge in [0.25, 0.3) is 0 Å². The van der Waals surface area contributed by atoms with Crippen LogP contribution in [-0.2, 0) is 6.54 Å². The van der Waals surface area contributed by atoms with E-state index in [-0.39, 0.29) is 11.5 Å². The van der Waals surface area contributed by atoms with Crippen molar-refractivity contribution < 1.29 is 13.2 Å². The van der Waals surface area contributed by atoms with E-state index in [1.54, 1.807) is 19.1 Å². The summed E-state index contributed by atoms with van der Waals surface area (Å²) in [4.78, 5) is 5.36. The van der Waals surface area contributed by atoms with Gasteiger partial charge in [0.15, 0.2) is 0 Å². The molecule has 0 saturated carbocycles. The number of nitrogens with zero attached hydrogens (tertiary/aromatic N) is 2. The first-order chi connectivity index (χ1) is 8.31. The Morgan fingerprint density at radius 1 is 1.50 bits per heavy atom. The smallest absolute Gasteiger partial charge is 0.388 e. The summed E-state index contributed by atoms with van der Waals surface area (Å²) >= 11 is 4.77. The Morgan fingerprint density at radius 3 is 2.67 bits per heavy atom. The highest BCUT2D eigenvalue weighted by Gasteiger charge is 2.30. The number of halogens is 3. The monoisotopic (exact) mass is 277 g/mol. The van der Waals surface area contributed by atoms with Crippen molar-refractivity contribution in [3.63, 3.8) is 0 Å². The second kappa shape index (κ2) is 6.10. The molecule has 0 amide bonds. The predicted octanol–water partition coefficient (Wildman–Crippen LogP) is 2.10. The molecule has 3 nitrogen and oxygen atoms in total. The van der Waals surface area contributed by atoms with E-state index in [4.69, 9.17) is 18.0 Å². The van der Waals surface area contributed by atoms with Gasteiger partial charge >= 0.3 is 6.18 Å². The van der Waals surface area contributed by atoms with Crippen LogP contribution in [0.5, 0.6) is 0 Å². The molecular formula is C11H14F3N3S. The van der Waals surface area contributed by atoms with Crippen molar-refractivity contribution in [1.29, 1.82) is 0 Å². The van der Waals surface area contributed by atoms with E-state index >= 15 is 0 Å². The highest BCUT2D eigenvalue weighted by atomic mass is 32.1. The molecule has 1 rings (SSSR count). The van der Waals surface area contributed by atoms with Gasteiger partial charge in [0.2, 0.25) is 0 Å². The van der Waals surface area contributed by atoms with Gasteiger partial charge in [-0.05, 0) is 24.2 Å². The zero-order chi connectivity index (χ0) is 13.8. The predicted molar refractivity (Wildman–Crippen MR) is 67.1 cm³/mol. The summed E-state index contributed by atoms with van der Waals surface area (Å²) in [5, 5.41) is 0. The van der Waals surface area contributed by atoms with Gasteiger partial charge < -0.3 is 5.73 Å². The van der Waals surface area contributed by atoms with E-state index in [0.717, 1.165) is 0 Å². The number of rotatable bonds is 5. The maximum Gasteiger partial charge on any atom is 0.401 e. The molecule has 18 heavy (non-hydrogen) atoms. The molecule has 100 valence electrons. The Balaban J connectivity index is 2.76. The van der Waals surface area contributed by atoms with E-state index in [9.17, 15) is 13.2 Å². The van der Waals surface area contributed by atoms with E-state index in [2.05, 4.69) is 4.98 Å². The number of alkyl halides is 3. The summed E-state index contributed by atoms with van der Waals surface area (Å²) in [6.07, 6.45) is -2.71. The molecule has 2 N–H and O–H groups in total. The number of pyridine rings is 1. The van der Waals surface area contributed by atoms with Crippen LogP contribution in [0.25, 0.3) is 0 Å². The lowest BCUT2D eigenvalue weighted by Gasteiger charge is -2.22. The van der Waals surface area contributed by atoms with Crippen molar-refractivity contribution in [2.75, 3.05) is 13.1 Å². The normalized spacial score (nSPS) is 11.8. The highest BCUT2D eigenvalue weighted by molar-refractivity contribution is 7.80. The first-order valence-corrected chi connectivity index (χ1v) is 5.76. The van der Waals surface area contributed by atoms with Gasteiger partial charge in [0.05, 0.1) is 12.2 Å². The first kappa shape index (κ1) is 14.8. The number of hydrogen-bond donors (Lipinski definition) is 1. The molecule has 0 aliphatic heterocycles. The zero-order valence-electron chi connectivity index (χ0n) is 9.87. The maximum absolute atomic E-state index is 12.3. The highest BCUT2D eigenvalue weighted by Crippen LogP contribution is 2.18. The zero-order valence-corrected chi connectivity index (χ0v) is 10.7. The Kier molecular flexibility index (Phi) is 5.03. The fourth-order valence-corrected chi connectivity index (χ4v) is 1.61. The quantitative estimate of drug-likeness (QED) is 0.837. The molecule has 0 fully saturated rings. The van der Waals surface area contributed by atoms with Crippen molar-refractivity contribution in [3.05, 3.63) is 29.6 Å². The van der Waals surface area contributed by atoms with Crippen LogP contribution in [0.1, 0.15) is 18.2 Å². The summed E-state index contributed by atoms with van der Waals surface area (Å²) in [6.45, 7) is 1.24. The summed E-state index contributed by atoms with van der Waals surface area (Å²) in [5.41, 5.74) is 6.55. The lowest BCUT2D eigenvalue weighted by molar-refractivity contribution is -0.146. The number of hydrogen-bond acceptors (Lipinski definition) is 3. The Morgan fingerprint density at radius 2 is 2.17 bits per heavy atom. The summed E-state index contributed by atoms with van der Waals surface area (Å²) in [6, 6.07) is 3.27. The van der Waals surface area contributed by atoms with Crippen molar-refractivity contribution in [2.45, 2.75) is 19.6 Å². The largest absolute Gasteiger partial charge is 0.401 e. The van der Waals surface area contributed by atoms with Gasteiger partial charge in [0.1, 0.15) is 4.99 Å². The second-order valence-electron chi connectivity index (χ2n) is 3.83. The molecule has 0 spiro atoms. The lowest BCUT2D eigenvalue weighted by atomic mass is 10.2. The first-order valence-electron chi connectivity index (χ1n) is 5.35. The van der Waals surface area contributed by atoms with Crippen LogP contribution < -0.4 is 5.73 Å².